The second kappa shape index (κ2) is 8.18. The molecule has 3 aromatic rings. The average Bonchev–Trinajstić information content (AvgIpc) is 3.41. The normalized spacial score (nSPS) is 13.4. The third kappa shape index (κ3) is 3.94. The van der Waals surface area contributed by atoms with Crippen LogP contribution in [-0.4, -0.2) is 46.9 Å². The molecule has 0 saturated carbocycles. The maximum absolute atomic E-state index is 13.3. The molecule has 1 aliphatic heterocycles. The van der Waals surface area contributed by atoms with Crippen LogP contribution in [-0.2, 0) is 14.6 Å². The molecule has 0 bridgehead atoms. The number of anilines is 1. The van der Waals surface area contributed by atoms with Crippen molar-refractivity contribution in [3.05, 3.63) is 36.6 Å². The monoisotopic (exact) mass is 420 g/mol. The molecule has 0 unspecified atom stereocenters. The minimum atomic E-state index is -3.99. The summed E-state index contributed by atoms with van der Waals surface area (Å²) in [5, 5.41) is 2.76. The summed E-state index contributed by atoms with van der Waals surface area (Å²) < 4.78 is 53.5. The molecular formula is C19H20N2O7S. The van der Waals surface area contributed by atoms with Crippen molar-refractivity contribution in [2.45, 2.75) is 16.3 Å². The maximum atomic E-state index is 13.3. The van der Waals surface area contributed by atoms with Crippen LogP contribution in [0.4, 0.5) is 5.88 Å². The van der Waals surface area contributed by atoms with Crippen molar-refractivity contribution in [1.82, 2.24) is 4.98 Å². The summed E-state index contributed by atoms with van der Waals surface area (Å²) in [5.74, 6) is 1.32. The number of fused-ring (bicyclic) bond motifs is 1. The van der Waals surface area contributed by atoms with Crippen LogP contribution >= 0.6 is 0 Å². The van der Waals surface area contributed by atoms with Crippen molar-refractivity contribution in [2.75, 3.05) is 38.8 Å². The lowest BCUT2D eigenvalue weighted by Crippen LogP contribution is -2.16. The molecule has 0 fully saturated rings. The Bertz CT molecular complexity index is 1070. The molecule has 0 atom stereocenters. The lowest BCUT2D eigenvalue weighted by Gasteiger charge is -2.18. The molecule has 0 radical (unpaired) electrons. The Balaban J connectivity index is 1.71. The SMILES string of the molecule is COCCCNc1oc(-c2ccco2)nc1S(=O)(=O)c1ccc2c(c1)OCCO2. The highest BCUT2D eigenvalue weighted by Crippen LogP contribution is 2.37. The van der Waals surface area contributed by atoms with Gasteiger partial charge in [0.1, 0.15) is 13.2 Å². The van der Waals surface area contributed by atoms with Gasteiger partial charge in [0.05, 0.1) is 11.2 Å². The van der Waals surface area contributed by atoms with E-state index in [4.69, 9.17) is 23.0 Å². The van der Waals surface area contributed by atoms with Crippen LogP contribution in [0.5, 0.6) is 11.5 Å². The Morgan fingerprint density at radius 2 is 2.00 bits per heavy atom. The lowest BCUT2D eigenvalue weighted by molar-refractivity contribution is 0.171. The zero-order valence-electron chi connectivity index (χ0n) is 15.7. The Kier molecular flexibility index (Phi) is 5.45. The molecule has 9 nitrogen and oxygen atoms in total. The van der Waals surface area contributed by atoms with Gasteiger partial charge in [-0.05, 0) is 30.7 Å². The van der Waals surface area contributed by atoms with Crippen molar-refractivity contribution < 1.29 is 31.5 Å². The summed E-state index contributed by atoms with van der Waals surface area (Å²) in [4.78, 5) is 4.23. The Hall–Kier alpha value is -2.98. The minimum absolute atomic E-state index is 0.0287. The highest BCUT2D eigenvalue weighted by atomic mass is 32.2. The first kappa shape index (κ1) is 19.3. The second-order valence-corrected chi connectivity index (χ2v) is 8.08. The van der Waals surface area contributed by atoms with Crippen LogP contribution in [0.1, 0.15) is 6.42 Å². The van der Waals surface area contributed by atoms with Crippen LogP contribution in [0.25, 0.3) is 11.7 Å². The highest BCUT2D eigenvalue weighted by molar-refractivity contribution is 7.91. The largest absolute Gasteiger partial charge is 0.486 e. The van der Waals surface area contributed by atoms with Gasteiger partial charge in [0.25, 0.3) is 5.89 Å². The standard InChI is InChI=1S/C19H20N2O7S/c1-24-8-3-7-20-18-19(21-17(28-18)15-4-2-9-25-15)29(22,23)13-5-6-14-16(12-13)27-11-10-26-14/h2,4-6,9,12,20H,3,7-8,10-11H2,1H3. The predicted octanol–water partition coefficient (Wildman–Crippen LogP) is 2.99. The zero-order valence-corrected chi connectivity index (χ0v) is 16.5. The number of rotatable bonds is 8. The number of sulfone groups is 1. The van der Waals surface area contributed by atoms with Gasteiger partial charge in [0.15, 0.2) is 17.3 Å². The van der Waals surface area contributed by atoms with Crippen molar-refractivity contribution in [3.8, 4) is 23.1 Å². The highest BCUT2D eigenvalue weighted by Gasteiger charge is 2.30. The van der Waals surface area contributed by atoms with Crippen molar-refractivity contribution in [3.63, 3.8) is 0 Å². The Labute approximate surface area is 167 Å². The van der Waals surface area contributed by atoms with Gasteiger partial charge in [0.2, 0.25) is 20.7 Å². The van der Waals surface area contributed by atoms with E-state index in [0.717, 1.165) is 0 Å². The molecule has 4 rings (SSSR count). The van der Waals surface area contributed by atoms with Gasteiger partial charge in [-0.2, -0.15) is 4.98 Å². The summed E-state index contributed by atoms with van der Waals surface area (Å²) >= 11 is 0. The fourth-order valence-electron chi connectivity index (χ4n) is 2.83. The number of hydrogen-bond donors (Lipinski definition) is 1. The number of ether oxygens (including phenoxy) is 3. The Morgan fingerprint density at radius 3 is 2.76 bits per heavy atom. The van der Waals surface area contributed by atoms with E-state index in [9.17, 15) is 8.42 Å². The second-order valence-electron chi connectivity index (χ2n) is 6.21. The van der Waals surface area contributed by atoms with E-state index in [1.165, 1.54) is 18.4 Å². The molecule has 0 aliphatic carbocycles. The molecule has 154 valence electrons. The zero-order chi connectivity index (χ0) is 20.3. The molecule has 1 N–H and O–H groups in total. The molecule has 0 saturated heterocycles. The van der Waals surface area contributed by atoms with E-state index in [2.05, 4.69) is 10.3 Å². The van der Waals surface area contributed by atoms with Gasteiger partial charge in [-0.15, -0.1) is 0 Å². The predicted molar refractivity (Wildman–Crippen MR) is 102 cm³/mol. The number of furan rings is 1. The van der Waals surface area contributed by atoms with Crippen molar-refractivity contribution in [1.29, 1.82) is 0 Å². The van der Waals surface area contributed by atoms with Gasteiger partial charge >= 0.3 is 0 Å². The molecule has 1 aliphatic rings. The van der Waals surface area contributed by atoms with Crippen LogP contribution in [0.2, 0.25) is 0 Å². The molecule has 1 aromatic carbocycles. The van der Waals surface area contributed by atoms with Gasteiger partial charge < -0.3 is 28.4 Å². The number of hydrogen-bond acceptors (Lipinski definition) is 9. The van der Waals surface area contributed by atoms with Gasteiger partial charge in [-0.3, -0.25) is 0 Å². The molecule has 10 heteroatoms. The van der Waals surface area contributed by atoms with Crippen molar-refractivity contribution in [2.24, 2.45) is 0 Å². The summed E-state index contributed by atoms with van der Waals surface area (Å²) in [6.07, 6.45) is 2.12. The molecule has 0 amide bonds. The number of nitrogens with zero attached hydrogens (tertiary/aromatic N) is 1. The molecule has 2 aromatic heterocycles. The minimum Gasteiger partial charge on any atom is -0.486 e. The topological polar surface area (TPSA) is 113 Å². The summed E-state index contributed by atoms with van der Waals surface area (Å²) in [5.41, 5.74) is 0. The summed E-state index contributed by atoms with van der Waals surface area (Å²) in [6, 6.07) is 7.76. The molecule has 29 heavy (non-hydrogen) atoms. The third-order valence-electron chi connectivity index (χ3n) is 4.22. The molecular weight excluding hydrogens is 400 g/mol. The number of benzene rings is 1. The number of aromatic nitrogens is 1. The van der Waals surface area contributed by atoms with E-state index in [1.807, 2.05) is 0 Å². The average molecular weight is 420 g/mol. The van der Waals surface area contributed by atoms with Crippen LogP contribution in [0.15, 0.2) is 55.4 Å². The quantitative estimate of drug-likeness (QED) is 0.549. The van der Waals surface area contributed by atoms with Gasteiger partial charge in [0, 0.05) is 26.3 Å². The fourth-order valence-corrected chi connectivity index (χ4v) is 4.12. The first-order valence-electron chi connectivity index (χ1n) is 9.02. The summed E-state index contributed by atoms with van der Waals surface area (Å²) in [7, 11) is -2.39. The van der Waals surface area contributed by atoms with E-state index in [-0.39, 0.29) is 21.7 Å². The van der Waals surface area contributed by atoms with Crippen LogP contribution in [0, 0.1) is 0 Å². The van der Waals surface area contributed by atoms with Crippen LogP contribution in [0.3, 0.4) is 0 Å². The summed E-state index contributed by atoms with van der Waals surface area (Å²) in [6.45, 7) is 1.75. The van der Waals surface area contributed by atoms with E-state index >= 15 is 0 Å². The van der Waals surface area contributed by atoms with E-state index in [0.29, 0.717) is 50.0 Å². The smallest absolute Gasteiger partial charge is 0.266 e. The first-order valence-corrected chi connectivity index (χ1v) is 10.5. The van der Waals surface area contributed by atoms with Crippen LogP contribution < -0.4 is 14.8 Å². The third-order valence-corrected chi connectivity index (χ3v) is 5.88. The Morgan fingerprint density at radius 1 is 1.17 bits per heavy atom. The molecule has 3 heterocycles. The van der Waals surface area contributed by atoms with E-state index in [1.54, 1.807) is 25.3 Å². The number of methoxy groups -OCH3 is 1. The van der Waals surface area contributed by atoms with Gasteiger partial charge in [-0.25, -0.2) is 8.42 Å². The van der Waals surface area contributed by atoms with E-state index < -0.39 is 9.84 Å². The van der Waals surface area contributed by atoms with Crippen molar-refractivity contribution >= 4 is 15.7 Å². The first-order chi connectivity index (χ1) is 14.1. The fraction of sp³-hybridized carbons (Fsp3) is 0.316. The number of nitrogens with one attached hydrogen (secondary N) is 1. The maximum Gasteiger partial charge on any atom is 0.266 e. The number of oxazole rings is 1. The lowest BCUT2D eigenvalue weighted by atomic mass is 10.3. The van der Waals surface area contributed by atoms with Gasteiger partial charge in [-0.1, -0.05) is 0 Å². The molecule has 0 spiro atoms.